The van der Waals surface area contributed by atoms with E-state index in [2.05, 4.69) is 109 Å². The van der Waals surface area contributed by atoms with Gasteiger partial charge in [0.1, 0.15) is 4.83 Å². The molecule has 8 bridgehead atoms. The fourth-order valence-electron chi connectivity index (χ4n) is 5.73. The maximum absolute atomic E-state index is 4.62. The summed E-state index contributed by atoms with van der Waals surface area (Å²) >= 11 is 1.61. The molecular formula is C39H28FeN6SSi. The van der Waals surface area contributed by atoms with Crippen LogP contribution < -0.4 is 0 Å². The molecule has 2 aliphatic heterocycles. The summed E-state index contributed by atoms with van der Waals surface area (Å²) in [5.74, 6) is 0. The molecule has 4 radical (unpaired) electrons. The molecule has 0 fully saturated rings. The van der Waals surface area contributed by atoms with Crippen molar-refractivity contribution in [3.63, 3.8) is 0 Å². The summed E-state index contributed by atoms with van der Waals surface area (Å²) in [6, 6.07) is 35.7. The number of benzene rings is 2. The first-order valence-corrected chi connectivity index (χ1v) is 15.9. The van der Waals surface area contributed by atoms with Crippen LogP contribution in [0.25, 0.3) is 67.8 Å². The summed E-state index contributed by atoms with van der Waals surface area (Å²) in [4.78, 5) is 25.2. The number of hydrogen-bond acceptors (Lipinski definition) is 5. The number of fused-ring (bicyclic) bond motifs is 12. The van der Waals surface area contributed by atoms with Crippen LogP contribution in [0.4, 0.5) is 0 Å². The van der Waals surface area contributed by atoms with Crippen LogP contribution in [0.1, 0.15) is 33.9 Å². The van der Waals surface area contributed by atoms with Crippen molar-refractivity contribution in [3.05, 3.63) is 155 Å². The number of aromatic nitrogens is 6. The Morgan fingerprint density at radius 1 is 0.521 bits per heavy atom. The molecule has 6 nitrogen and oxygen atoms in total. The van der Waals surface area contributed by atoms with Crippen LogP contribution in [0.2, 0.25) is 0 Å². The fraction of sp³-hybridized carbons (Fsp3) is 0.0256. The number of thiophene rings is 1. The summed E-state index contributed by atoms with van der Waals surface area (Å²) in [6.07, 6.45) is 12.6. The number of nitrogens with one attached hydrogen (secondary N) is 2. The Kier molecular flexibility index (Phi) is 10.0. The number of aromatic amines is 2. The molecule has 7 aromatic rings. The second kappa shape index (κ2) is 14.7. The van der Waals surface area contributed by atoms with Gasteiger partial charge in [0.15, 0.2) is 0 Å². The largest absolute Gasteiger partial charge is 0.355 e. The van der Waals surface area contributed by atoms with Crippen LogP contribution in [0.5, 0.6) is 0 Å². The van der Waals surface area contributed by atoms with E-state index in [4.69, 9.17) is 0 Å². The Labute approximate surface area is 296 Å². The molecule has 3 aliphatic rings. The van der Waals surface area contributed by atoms with Gasteiger partial charge >= 0.3 is 0 Å². The molecule has 0 saturated carbocycles. The molecule has 0 spiro atoms. The van der Waals surface area contributed by atoms with E-state index in [0.29, 0.717) is 0 Å². The third-order valence-electron chi connectivity index (χ3n) is 7.84. The average Bonchev–Trinajstić information content (AvgIpc) is 3.93. The van der Waals surface area contributed by atoms with E-state index in [-0.39, 0.29) is 28.0 Å². The van der Waals surface area contributed by atoms with Crippen LogP contribution >= 0.6 is 11.3 Å². The molecule has 232 valence electrons. The quantitative estimate of drug-likeness (QED) is 0.155. The third-order valence-corrected chi connectivity index (χ3v) is 8.65. The van der Waals surface area contributed by atoms with Crippen LogP contribution in [0.15, 0.2) is 121 Å². The van der Waals surface area contributed by atoms with Gasteiger partial charge in [-0.1, -0.05) is 48.5 Å². The zero-order valence-electron chi connectivity index (χ0n) is 25.6. The van der Waals surface area contributed by atoms with Crippen molar-refractivity contribution in [1.82, 2.24) is 29.9 Å². The van der Waals surface area contributed by atoms with Crippen LogP contribution in [-0.4, -0.2) is 40.9 Å². The number of hydrogen-bond donors (Lipinski definition) is 2. The first-order valence-electron chi connectivity index (χ1n) is 15.1. The molecule has 0 unspecified atom stereocenters. The van der Waals surface area contributed by atoms with Gasteiger partial charge in [-0.3, -0.25) is 4.98 Å². The molecule has 0 saturated heterocycles. The summed E-state index contributed by atoms with van der Waals surface area (Å²) in [5, 5.41) is 1.99. The predicted molar refractivity (Wildman–Crippen MR) is 197 cm³/mol. The molecule has 2 N–H and O–H groups in total. The van der Waals surface area contributed by atoms with Crippen LogP contribution in [-0.2, 0) is 23.5 Å². The van der Waals surface area contributed by atoms with Gasteiger partial charge < -0.3 is 9.97 Å². The van der Waals surface area contributed by atoms with Crippen molar-refractivity contribution in [3.8, 4) is 11.1 Å². The van der Waals surface area contributed by atoms with Crippen molar-refractivity contribution in [1.29, 1.82) is 0 Å². The van der Waals surface area contributed by atoms with E-state index < -0.39 is 0 Å². The summed E-state index contributed by atoms with van der Waals surface area (Å²) in [6.45, 7) is 0. The molecule has 9 heteroatoms. The molecule has 7 heterocycles. The van der Waals surface area contributed by atoms with E-state index in [1.807, 2.05) is 53.9 Å². The molecule has 10 rings (SSSR count). The second-order valence-corrected chi connectivity index (χ2v) is 12.0. The minimum Gasteiger partial charge on any atom is -0.355 e. The maximum atomic E-state index is 4.62. The Hall–Kier alpha value is -5.18. The summed E-state index contributed by atoms with van der Waals surface area (Å²) in [5.41, 5.74) is 14.6. The Morgan fingerprint density at radius 2 is 1.00 bits per heavy atom. The maximum Gasteiger partial charge on any atom is 0.141 e. The van der Waals surface area contributed by atoms with Crippen molar-refractivity contribution >= 4 is 79.0 Å². The molecule has 48 heavy (non-hydrogen) atoms. The molecule has 5 aromatic heterocycles. The van der Waals surface area contributed by atoms with Gasteiger partial charge in [0.05, 0.1) is 28.3 Å². The fourth-order valence-corrected chi connectivity index (χ4v) is 6.42. The zero-order valence-corrected chi connectivity index (χ0v) is 28.5. The first-order chi connectivity index (χ1) is 22.7. The number of H-pyrrole nitrogens is 2. The van der Waals surface area contributed by atoms with E-state index in [1.165, 1.54) is 22.3 Å². The van der Waals surface area contributed by atoms with E-state index in [0.717, 1.165) is 61.6 Å². The summed E-state index contributed by atoms with van der Waals surface area (Å²) < 4.78 is 0. The molecule has 1 aliphatic carbocycles. The molecule has 0 amide bonds. The predicted octanol–water partition coefficient (Wildman–Crippen LogP) is 9.22. The second-order valence-electron chi connectivity index (χ2n) is 11.1. The molecular weight excluding hydrogens is 668 g/mol. The van der Waals surface area contributed by atoms with E-state index in [1.54, 1.807) is 23.7 Å². The minimum absolute atomic E-state index is 0. The van der Waals surface area contributed by atoms with E-state index in [9.17, 15) is 0 Å². The van der Waals surface area contributed by atoms with Crippen LogP contribution in [0, 0.1) is 0 Å². The minimum atomic E-state index is 0. The number of nitrogens with zero attached hydrogens (tertiary/aromatic N) is 4. The topological polar surface area (TPSA) is 83.1 Å². The summed E-state index contributed by atoms with van der Waals surface area (Å²) in [7, 11) is 0. The number of rotatable bonds is 0. The van der Waals surface area contributed by atoms with E-state index >= 15 is 0 Å². The van der Waals surface area contributed by atoms with Gasteiger partial charge in [-0.15, -0.1) is 11.3 Å². The SMILES string of the molecule is C1=Cc2cc3ccc(cc4ccc(cc5nc(cc1n2)C=C5)[nH]4)[nH]3.[Fe].[Si].c1ccc2c(c1)Cc1ccccc1-2.c1cnc2sccc2n1. The first kappa shape index (κ1) is 32.7. The van der Waals surface area contributed by atoms with Gasteiger partial charge in [-0.25, -0.2) is 15.0 Å². The molecule has 2 aromatic carbocycles. The van der Waals surface area contributed by atoms with Crippen molar-refractivity contribution < 1.29 is 17.1 Å². The zero-order chi connectivity index (χ0) is 30.7. The Bertz CT molecular complexity index is 2280. The third kappa shape index (κ3) is 7.35. The van der Waals surface area contributed by atoms with Gasteiger partial charge in [0, 0.05) is 62.5 Å². The standard InChI is InChI=1S/C20H14N4.C13H10.C6H4N2S.Fe.Si/c1-2-14-10-16-5-6-18(23-16)12-20-8-7-19(24-20)11-17-4-3-15(22-17)9-13(1)21-14;1-3-7-12-10(5-1)9-11-6-2-4-8-13(11)12;1-4-9-6-5(1)7-2-3-8-6;;/h1-12,21-22H;1-8H,9H2;1-4H;;. The average molecular weight is 697 g/mol. The smallest absolute Gasteiger partial charge is 0.141 e. The van der Waals surface area contributed by atoms with Gasteiger partial charge in [0.25, 0.3) is 0 Å². The Balaban J connectivity index is 0.000000140. The van der Waals surface area contributed by atoms with Crippen molar-refractivity contribution in [2.45, 2.75) is 6.42 Å². The van der Waals surface area contributed by atoms with Gasteiger partial charge in [-0.2, -0.15) is 0 Å². The van der Waals surface area contributed by atoms with Crippen LogP contribution in [0.3, 0.4) is 0 Å². The van der Waals surface area contributed by atoms with Gasteiger partial charge in [-0.05, 0) is 113 Å². The Morgan fingerprint density at radius 3 is 1.54 bits per heavy atom. The molecule has 0 atom stereocenters. The van der Waals surface area contributed by atoms with Crippen molar-refractivity contribution in [2.24, 2.45) is 0 Å². The van der Waals surface area contributed by atoms with Gasteiger partial charge in [0.2, 0.25) is 0 Å². The van der Waals surface area contributed by atoms with Crippen molar-refractivity contribution in [2.75, 3.05) is 0 Å². The monoisotopic (exact) mass is 696 g/mol. The normalized spacial score (nSPS) is 11.6.